The molecule has 0 bridgehead atoms. The molecule has 0 aliphatic heterocycles. The van der Waals surface area contributed by atoms with E-state index in [0.717, 1.165) is 74.5 Å². The molecule has 0 aromatic heterocycles. The Morgan fingerprint density at radius 2 is 1.24 bits per heavy atom. The molecule has 0 saturated heterocycles. The molecule has 0 spiro atoms. The van der Waals surface area contributed by atoms with Crippen molar-refractivity contribution in [2.75, 3.05) is 47.5 Å². The van der Waals surface area contributed by atoms with Gasteiger partial charge in [-0.15, -0.1) is 0 Å². The van der Waals surface area contributed by atoms with Crippen LogP contribution in [0, 0.1) is 46.3 Å². The van der Waals surface area contributed by atoms with Gasteiger partial charge in [0.25, 0.3) is 0 Å². The molecule has 0 heterocycles. The first-order valence-corrected chi connectivity index (χ1v) is 32.9. The van der Waals surface area contributed by atoms with Crippen molar-refractivity contribution < 1.29 is 51.6 Å². The summed E-state index contributed by atoms with van der Waals surface area (Å²) in [5, 5.41) is 0. The van der Waals surface area contributed by atoms with E-state index in [4.69, 9.17) is 23.3 Å². The number of hydrogen-bond donors (Lipinski definition) is 1. The second kappa shape index (κ2) is 34.4. The number of carbonyl (C=O) groups excluding carboxylic acids is 3. The lowest BCUT2D eigenvalue weighted by molar-refractivity contribution is -0.870. The van der Waals surface area contributed by atoms with E-state index in [1.54, 1.807) is 0 Å². The average molecular weight is 1080 g/mol. The Kier molecular flexibility index (Phi) is 30.1. The highest BCUT2D eigenvalue weighted by molar-refractivity contribution is 7.47. The fraction of sp³-hybridized carbons (Fsp3) is 0.921. The van der Waals surface area contributed by atoms with Gasteiger partial charge in [-0.25, -0.2) is 4.57 Å². The third kappa shape index (κ3) is 24.2. The summed E-state index contributed by atoms with van der Waals surface area (Å²) in [5.41, 5.74) is 2.03. The molecule has 10 atom stereocenters. The Balaban J connectivity index is 1.12. The third-order valence-corrected chi connectivity index (χ3v) is 19.7. The summed E-state index contributed by atoms with van der Waals surface area (Å²) in [5.74, 6) is 3.02. The van der Waals surface area contributed by atoms with Gasteiger partial charge in [0.2, 0.25) is 0 Å². The fourth-order valence-corrected chi connectivity index (χ4v) is 14.9. The minimum Gasteiger partial charge on any atom is -0.462 e. The summed E-state index contributed by atoms with van der Waals surface area (Å²) in [6.07, 6.45) is 41.2. The van der Waals surface area contributed by atoms with E-state index in [0.29, 0.717) is 28.8 Å². The second-order valence-electron chi connectivity index (χ2n) is 26.4. The van der Waals surface area contributed by atoms with Crippen LogP contribution in [0.25, 0.3) is 0 Å². The number of esters is 3. The predicted octanol–water partition coefficient (Wildman–Crippen LogP) is 16.6. The van der Waals surface area contributed by atoms with Gasteiger partial charge in [0.15, 0.2) is 6.10 Å². The lowest BCUT2D eigenvalue weighted by atomic mass is 9.47. The van der Waals surface area contributed by atoms with Crippen LogP contribution in [0.1, 0.15) is 266 Å². The minimum atomic E-state index is -4.49. The van der Waals surface area contributed by atoms with Crippen LogP contribution in [0.2, 0.25) is 0 Å². The molecule has 75 heavy (non-hydrogen) atoms. The summed E-state index contributed by atoms with van der Waals surface area (Å²) >= 11 is 0. The number of nitrogens with zero attached hydrogens (tertiary/aromatic N) is 1. The number of ether oxygens (including phenoxy) is 3. The maximum Gasteiger partial charge on any atom is 0.472 e. The van der Waals surface area contributed by atoms with E-state index in [-0.39, 0.29) is 44.0 Å². The molecule has 3 fully saturated rings. The molecule has 2 unspecified atom stereocenters. The van der Waals surface area contributed by atoms with E-state index in [1.165, 1.54) is 160 Å². The summed E-state index contributed by atoms with van der Waals surface area (Å²) in [6.45, 7) is 14.2. The van der Waals surface area contributed by atoms with Gasteiger partial charge >= 0.3 is 25.7 Å². The van der Waals surface area contributed by atoms with Crippen LogP contribution in [-0.4, -0.2) is 87.0 Å². The molecule has 12 heteroatoms. The first-order chi connectivity index (χ1) is 35.8. The quantitative estimate of drug-likeness (QED) is 0.0157. The van der Waals surface area contributed by atoms with Gasteiger partial charge in [0.1, 0.15) is 25.9 Å². The molecule has 3 saturated carbocycles. The number of likely N-dealkylation sites (N-methyl/N-ethyl adjacent to an activating group) is 1. The number of phosphoric acid groups is 1. The highest BCUT2D eigenvalue weighted by atomic mass is 31.2. The standard InChI is InChI=1S/C63H114NO10P/c1-10-11-12-13-14-15-16-17-18-19-20-21-22-23-24-25-26-27-28-29-30-34-59(65)70-48-54(49-72-75(68,69)71-46-45-64(7,8)9)74-61(67)40-39-60(66)73-53-41-43-62(5)52(47-53)35-36-55-57-38-37-56(51(4)33-31-32-50(2)3)63(57,6)44-42-58(55)62/h35,50-51,53-58H,10-34,36-49H2,1-9H3/p+1/t51-,53+,54?,55+,56-,57+,58+,62+,63-/m1/s1. The van der Waals surface area contributed by atoms with Gasteiger partial charge in [-0.2, -0.15) is 0 Å². The normalized spacial score (nSPS) is 26.1. The smallest absolute Gasteiger partial charge is 0.462 e. The molecule has 4 aliphatic carbocycles. The number of phosphoric ester groups is 1. The van der Waals surface area contributed by atoms with Crippen molar-refractivity contribution in [2.45, 2.75) is 278 Å². The summed E-state index contributed by atoms with van der Waals surface area (Å²) in [7, 11) is 1.32. The summed E-state index contributed by atoms with van der Waals surface area (Å²) in [4.78, 5) is 49.6. The van der Waals surface area contributed by atoms with Gasteiger partial charge in [0.05, 0.1) is 40.6 Å². The van der Waals surface area contributed by atoms with Crippen LogP contribution in [0.15, 0.2) is 11.6 Å². The van der Waals surface area contributed by atoms with Crippen molar-refractivity contribution in [3.63, 3.8) is 0 Å². The van der Waals surface area contributed by atoms with Crippen LogP contribution in [0.3, 0.4) is 0 Å². The van der Waals surface area contributed by atoms with E-state index in [2.05, 4.69) is 47.6 Å². The fourth-order valence-electron chi connectivity index (χ4n) is 14.2. The first kappa shape index (κ1) is 65.7. The van der Waals surface area contributed by atoms with Gasteiger partial charge in [0, 0.05) is 12.8 Å². The number of fused-ring (bicyclic) bond motifs is 5. The Bertz CT molecular complexity index is 1710. The Morgan fingerprint density at radius 3 is 1.81 bits per heavy atom. The number of quaternary nitrogens is 1. The number of carbonyl (C=O) groups is 3. The molecule has 1 N–H and O–H groups in total. The van der Waals surface area contributed by atoms with Crippen LogP contribution in [-0.2, 0) is 42.2 Å². The van der Waals surface area contributed by atoms with Crippen LogP contribution in [0.5, 0.6) is 0 Å². The number of rotatable bonds is 41. The van der Waals surface area contributed by atoms with Crippen LogP contribution in [0.4, 0.5) is 0 Å². The molecule has 4 aliphatic rings. The van der Waals surface area contributed by atoms with Gasteiger partial charge in [-0.05, 0) is 97.7 Å². The zero-order valence-corrected chi connectivity index (χ0v) is 50.7. The number of allylic oxidation sites excluding steroid dienone is 1. The van der Waals surface area contributed by atoms with E-state index < -0.39 is 38.4 Å². The highest BCUT2D eigenvalue weighted by Crippen LogP contribution is 2.67. The van der Waals surface area contributed by atoms with E-state index in [1.807, 2.05) is 21.1 Å². The molecule has 0 amide bonds. The van der Waals surface area contributed by atoms with Gasteiger partial charge in [-0.3, -0.25) is 23.4 Å². The van der Waals surface area contributed by atoms with E-state index >= 15 is 0 Å². The third-order valence-electron chi connectivity index (χ3n) is 18.7. The molecular weight excluding hydrogens is 962 g/mol. The maximum atomic E-state index is 13.2. The van der Waals surface area contributed by atoms with Crippen molar-refractivity contribution in [2.24, 2.45) is 46.3 Å². The monoisotopic (exact) mass is 1080 g/mol. The second-order valence-corrected chi connectivity index (χ2v) is 27.8. The first-order valence-electron chi connectivity index (χ1n) is 31.4. The van der Waals surface area contributed by atoms with Crippen molar-refractivity contribution in [3.8, 4) is 0 Å². The lowest BCUT2D eigenvalue weighted by Crippen LogP contribution is -2.51. The molecule has 11 nitrogen and oxygen atoms in total. The minimum absolute atomic E-state index is 0.0183. The molecule has 0 radical (unpaired) electrons. The maximum absolute atomic E-state index is 13.2. The van der Waals surface area contributed by atoms with Crippen molar-refractivity contribution in [1.29, 1.82) is 0 Å². The Hall–Kier alpha value is -1.78. The molecule has 0 aromatic rings. The largest absolute Gasteiger partial charge is 0.472 e. The van der Waals surface area contributed by atoms with Crippen molar-refractivity contribution >= 4 is 25.7 Å². The summed E-state index contributed by atoms with van der Waals surface area (Å²) < 4.78 is 40.8. The molecule has 4 rings (SSSR count). The number of unbranched alkanes of at least 4 members (excludes halogenated alkanes) is 20. The number of hydrogen-bond acceptors (Lipinski definition) is 9. The van der Waals surface area contributed by atoms with Crippen molar-refractivity contribution in [1.82, 2.24) is 0 Å². The summed E-state index contributed by atoms with van der Waals surface area (Å²) in [6, 6.07) is 0. The Morgan fingerprint density at radius 1 is 0.667 bits per heavy atom. The molecular formula is C63H115NO10P+. The Labute approximate surface area is 459 Å². The topological polar surface area (TPSA) is 135 Å². The van der Waals surface area contributed by atoms with Crippen molar-refractivity contribution in [3.05, 3.63) is 11.6 Å². The highest BCUT2D eigenvalue weighted by Gasteiger charge is 2.59. The lowest BCUT2D eigenvalue weighted by Gasteiger charge is -2.58. The molecule has 0 aromatic carbocycles. The molecule has 436 valence electrons. The average Bonchev–Trinajstić information content (AvgIpc) is 3.71. The zero-order chi connectivity index (χ0) is 54.7. The van der Waals surface area contributed by atoms with Crippen LogP contribution >= 0.6 is 7.82 Å². The SMILES string of the molecule is CCCCCCCCCCCCCCCCCCCCCCCC(=O)OCC(COP(=O)(O)OCC[N+](C)(C)C)OC(=O)CCC(=O)O[C@H]1CC[C@@]2(C)C(=CC[C@H]3[C@@H]4CC[C@H]([C@H](C)CCCC(C)C)[C@@]4(C)CC[C@@H]32)C1. The zero-order valence-electron chi connectivity index (χ0n) is 49.8. The van der Waals surface area contributed by atoms with E-state index in [9.17, 15) is 23.8 Å². The van der Waals surface area contributed by atoms with Gasteiger partial charge < -0.3 is 23.6 Å². The van der Waals surface area contributed by atoms with Gasteiger partial charge in [-0.1, -0.05) is 201 Å². The predicted molar refractivity (Wildman–Crippen MR) is 305 cm³/mol. The van der Waals surface area contributed by atoms with Crippen LogP contribution < -0.4 is 0 Å².